The quantitative estimate of drug-likeness (QED) is 0.794. The molecule has 0 radical (unpaired) electrons. The Morgan fingerprint density at radius 3 is 2.75 bits per heavy atom. The van der Waals surface area contributed by atoms with Crippen LogP contribution in [0.4, 0.5) is 0 Å². The van der Waals surface area contributed by atoms with Gasteiger partial charge in [0.25, 0.3) is 5.91 Å². The largest absolute Gasteiger partial charge is 0.384 e. The summed E-state index contributed by atoms with van der Waals surface area (Å²) in [5.74, 6) is 5.33. The van der Waals surface area contributed by atoms with Gasteiger partial charge >= 0.3 is 0 Å². The third-order valence-electron chi connectivity index (χ3n) is 3.45. The lowest BCUT2D eigenvalue weighted by molar-refractivity contribution is 0.0949. The third-order valence-corrected chi connectivity index (χ3v) is 5.88. The first-order chi connectivity index (χ1) is 9.60. The molecule has 0 aliphatic heterocycles. The van der Waals surface area contributed by atoms with Crippen LogP contribution in [0.3, 0.4) is 0 Å². The summed E-state index contributed by atoms with van der Waals surface area (Å²) in [4.78, 5) is 12.9. The van der Waals surface area contributed by atoms with Gasteiger partial charge in [0.1, 0.15) is 6.61 Å². The Labute approximate surface area is 129 Å². The molecule has 1 aromatic rings. The van der Waals surface area contributed by atoms with Gasteiger partial charge in [-0.3, -0.25) is 4.79 Å². The van der Waals surface area contributed by atoms with Crippen LogP contribution in [-0.4, -0.2) is 35.2 Å². The fourth-order valence-electron chi connectivity index (χ4n) is 1.85. The highest BCUT2D eigenvalue weighted by Gasteiger charge is 2.25. The van der Waals surface area contributed by atoms with E-state index in [-0.39, 0.29) is 17.3 Å². The molecule has 0 saturated heterocycles. The molecule has 0 aliphatic carbocycles. The second-order valence-electron chi connectivity index (χ2n) is 4.44. The molecular formula is C15H21NO2S2. The summed E-state index contributed by atoms with van der Waals surface area (Å²) in [7, 11) is 0. The standard InChI is InChI=1S/C15H21NO2S2/c1-4-15(5-2,19-3)11-16-14(18)12-9-13(20-10-12)7-6-8-17/h9-10,17H,4-5,8,11H2,1-3H3,(H,16,18). The topological polar surface area (TPSA) is 49.3 Å². The van der Waals surface area contributed by atoms with Crippen LogP contribution in [0.25, 0.3) is 0 Å². The van der Waals surface area contributed by atoms with Gasteiger partial charge in [-0.05, 0) is 25.2 Å². The predicted octanol–water partition coefficient (Wildman–Crippen LogP) is 2.74. The molecule has 0 bridgehead atoms. The zero-order valence-electron chi connectivity index (χ0n) is 12.2. The third kappa shape index (κ3) is 4.55. The lowest BCUT2D eigenvalue weighted by atomic mass is 10.0. The zero-order chi connectivity index (χ0) is 15.0. The van der Waals surface area contributed by atoms with Gasteiger partial charge in [-0.2, -0.15) is 11.8 Å². The SMILES string of the molecule is CCC(CC)(CNC(=O)c1csc(C#CCO)c1)SC. The minimum absolute atomic E-state index is 0.0568. The Bertz CT molecular complexity index is 487. The van der Waals surface area contributed by atoms with Crippen LogP contribution in [0.2, 0.25) is 0 Å². The van der Waals surface area contributed by atoms with Crippen molar-refractivity contribution in [1.29, 1.82) is 0 Å². The predicted molar refractivity (Wildman–Crippen MR) is 87.4 cm³/mol. The highest BCUT2D eigenvalue weighted by Crippen LogP contribution is 2.29. The number of thiophene rings is 1. The normalized spacial score (nSPS) is 10.8. The number of carbonyl (C=O) groups excluding carboxylic acids is 1. The van der Waals surface area contributed by atoms with E-state index in [9.17, 15) is 4.79 Å². The van der Waals surface area contributed by atoms with Gasteiger partial charge in [0.2, 0.25) is 0 Å². The highest BCUT2D eigenvalue weighted by atomic mass is 32.2. The molecule has 1 aromatic heterocycles. The van der Waals surface area contributed by atoms with Crippen molar-refractivity contribution in [2.75, 3.05) is 19.4 Å². The number of nitrogens with one attached hydrogen (secondary N) is 1. The maximum absolute atomic E-state index is 12.1. The summed E-state index contributed by atoms with van der Waals surface area (Å²) in [5.41, 5.74) is 0.638. The van der Waals surface area contributed by atoms with Gasteiger partial charge in [-0.1, -0.05) is 25.7 Å². The molecular weight excluding hydrogens is 290 g/mol. The van der Waals surface area contributed by atoms with Crippen molar-refractivity contribution in [2.24, 2.45) is 0 Å². The summed E-state index contributed by atoms with van der Waals surface area (Å²) >= 11 is 3.23. The number of rotatable bonds is 6. The van der Waals surface area contributed by atoms with E-state index < -0.39 is 0 Å². The molecule has 1 heterocycles. The Morgan fingerprint density at radius 2 is 2.20 bits per heavy atom. The summed E-state index contributed by atoms with van der Waals surface area (Å²) in [6, 6.07) is 1.77. The Balaban J connectivity index is 2.65. The van der Waals surface area contributed by atoms with Crippen molar-refractivity contribution in [3.05, 3.63) is 21.9 Å². The molecule has 0 fully saturated rings. The van der Waals surface area contributed by atoms with Crippen LogP contribution in [-0.2, 0) is 0 Å². The number of thioether (sulfide) groups is 1. The van der Waals surface area contributed by atoms with E-state index in [1.165, 1.54) is 11.3 Å². The Morgan fingerprint density at radius 1 is 1.50 bits per heavy atom. The van der Waals surface area contributed by atoms with Crippen molar-refractivity contribution in [3.63, 3.8) is 0 Å². The molecule has 0 aromatic carbocycles. The molecule has 0 saturated carbocycles. The van der Waals surface area contributed by atoms with E-state index >= 15 is 0 Å². The molecule has 0 atom stereocenters. The van der Waals surface area contributed by atoms with E-state index in [2.05, 4.69) is 37.3 Å². The van der Waals surface area contributed by atoms with Crippen molar-refractivity contribution in [1.82, 2.24) is 5.32 Å². The maximum Gasteiger partial charge on any atom is 0.252 e. The second-order valence-corrected chi connectivity index (χ2v) is 6.62. The number of hydrogen-bond acceptors (Lipinski definition) is 4. The van der Waals surface area contributed by atoms with E-state index in [0.29, 0.717) is 12.1 Å². The Kier molecular flexibility index (Phi) is 7.14. The van der Waals surface area contributed by atoms with Gasteiger partial charge in [0.05, 0.1) is 10.4 Å². The smallest absolute Gasteiger partial charge is 0.252 e. The Hall–Kier alpha value is -0.960. The van der Waals surface area contributed by atoms with Crippen molar-refractivity contribution < 1.29 is 9.90 Å². The van der Waals surface area contributed by atoms with E-state index in [0.717, 1.165) is 17.7 Å². The first-order valence-electron chi connectivity index (χ1n) is 6.62. The lowest BCUT2D eigenvalue weighted by Gasteiger charge is -2.29. The first kappa shape index (κ1) is 17.1. The highest BCUT2D eigenvalue weighted by molar-refractivity contribution is 8.00. The molecule has 0 spiro atoms. The van der Waals surface area contributed by atoms with E-state index in [1.54, 1.807) is 11.4 Å². The molecule has 110 valence electrons. The minimum atomic E-state index is -0.164. The number of hydrogen-bond donors (Lipinski definition) is 2. The second kappa shape index (κ2) is 8.35. The fraction of sp³-hybridized carbons (Fsp3) is 0.533. The molecule has 3 nitrogen and oxygen atoms in total. The van der Waals surface area contributed by atoms with Crippen LogP contribution in [0, 0.1) is 11.8 Å². The molecule has 0 aliphatic rings. The van der Waals surface area contributed by atoms with Crippen molar-refractivity contribution in [3.8, 4) is 11.8 Å². The zero-order valence-corrected chi connectivity index (χ0v) is 13.8. The summed E-state index contributed by atoms with van der Waals surface area (Å²) in [5, 5.41) is 13.5. The first-order valence-corrected chi connectivity index (χ1v) is 8.72. The van der Waals surface area contributed by atoms with Crippen LogP contribution < -0.4 is 5.32 Å². The molecule has 1 amide bonds. The number of aliphatic hydroxyl groups is 1. The lowest BCUT2D eigenvalue weighted by Crippen LogP contribution is -2.39. The van der Waals surface area contributed by atoms with Crippen LogP contribution in [0.1, 0.15) is 41.9 Å². The number of aliphatic hydroxyl groups excluding tert-OH is 1. The molecule has 20 heavy (non-hydrogen) atoms. The van der Waals surface area contributed by atoms with Crippen LogP contribution in [0.5, 0.6) is 0 Å². The average Bonchev–Trinajstić information content (AvgIpc) is 2.96. The maximum atomic E-state index is 12.1. The molecule has 0 unspecified atom stereocenters. The van der Waals surface area contributed by atoms with Crippen molar-refractivity contribution in [2.45, 2.75) is 31.4 Å². The van der Waals surface area contributed by atoms with Crippen molar-refractivity contribution >= 4 is 29.0 Å². The fourth-order valence-corrected chi connectivity index (χ4v) is 3.40. The van der Waals surface area contributed by atoms with Gasteiger partial charge in [-0.25, -0.2) is 0 Å². The number of amides is 1. The average molecular weight is 311 g/mol. The van der Waals surface area contributed by atoms with Gasteiger partial charge < -0.3 is 10.4 Å². The van der Waals surface area contributed by atoms with Gasteiger partial charge in [0, 0.05) is 16.7 Å². The number of carbonyl (C=O) groups is 1. The van der Waals surface area contributed by atoms with Gasteiger partial charge in [0.15, 0.2) is 0 Å². The summed E-state index contributed by atoms with van der Waals surface area (Å²) < 4.78 is 0.116. The minimum Gasteiger partial charge on any atom is -0.384 e. The molecule has 1 rings (SSSR count). The van der Waals surface area contributed by atoms with Crippen LogP contribution >= 0.6 is 23.1 Å². The monoisotopic (exact) mass is 311 g/mol. The summed E-state index contributed by atoms with van der Waals surface area (Å²) in [6.45, 7) is 4.81. The molecule has 5 heteroatoms. The van der Waals surface area contributed by atoms with E-state index in [4.69, 9.17) is 5.11 Å². The summed E-state index contributed by atoms with van der Waals surface area (Å²) in [6.07, 6.45) is 4.15. The molecule has 2 N–H and O–H groups in total. The van der Waals surface area contributed by atoms with Gasteiger partial charge in [-0.15, -0.1) is 11.3 Å². The van der Waals surface area contributed by atoms with E-state index in [1.807, 2.05) is 11.8 Å². The van der Waals surface area contributed by atoms with Crippen LogP contribution in [0.15, 0.2) is 11.4 Å².